The Morgan fingerprint density at radius 1 is 0.596 bits per heavy atom. The van der Waals surface area contributed by atoms with Crippen LogP contribution in [0.3, 0.4) is 0 Å². The number of rotatable bonds is 11. The smallest absolute Gasteiger partial charge is 0.395 e. The lowest BCUT2D eigenvalue weighted by atomic mass is 10.1. The molecule has 0 spiro atoms. The molecule has 4 aromatic carbocycles. The molecule has 0 atom stereocenters. The summed E-state index contributed by atoms with van der Waals surface area (Å²) < 4.78 is 39.8. The molecule has 0 aromatic heterocycles. The van der Waals surface area contributed by atoms with Crippen LogP contribution in [0.1, 0.15) is 35.7 Å². The minimum atomic E-state index is -4.33. The van der Waals surface area contributed by atoms with Crippen molar-refractivity contribution in [1.82, 2.24) is 19.6 Å². The van der Waals surface area contributed by atoms with Gasteiger partial charge in [-0.2, -0.15) is 13.2 Å². The van der Waals surface area contributed by atoms with E-state index in [0.29, 0.717) is 12.2 Å². The minimum Gasteiger partial charge on any atom is -0.395 e. The summed E-state index contributed by atoms with van der Waals surface area (Å²) in [5, 5.41) is 9.10. The van der Waals surface area contributed by atoms with Crippen molar-refractivity contribution < 1.29 is 23.1 Å². The molecule has 0 radical (unpaired) electrons. The van der Waals surface area contributed by atoms with Gasteiger partial charge in [0.05, 0.1) is 34.9 Å². The molecule has 8 nitrogen and oxygen atoms in total. The van der Waals surface area contributed by atoms with Gasteiger partial charge in [0.25, 0.3) is 0 Å². The number of halogens is 3. The first-order chi connectivity index (χ1) is 27.6. The molecule has 8 rings (SSSR count). The van der Waals surface area contributed by atoms with Gasteiger partial charge >= 0.3 is 6.18 Å². The first kappa shape index (κ1) is 41.6. The van der Waals surface area contributed by atoms with Gasteiger partial charge in [-0.25, -0.2) is 0 Å². The number of hydrogen-bond acceptors (Lipinski definition) is 10. The van der Waals surface area contributed by atoms with Gasteiger partial charge in [0.1, 0.15) is 0 Å². The molecule has 0 unspecified atom stereocenters. The summed E-state index contributed by atoms with van der Waals surface area (Å²) in [6.45, 7) is 14.8. The maximum atomic E-state index is 13.3. The number of benzene rings is 4. The molecule has 57 heavy (non-hydrogen) atoms. The molecule has 4 heterocycles. The van der Waals surface area contributed by atoms with Crippen molar-refractivity contribution >= 4 is 52.1 Å². The minimum absolute atomic E-state index is 0.109. The third-order valence-corrected chi connectivity index (χ3v) is 13.4. The van der Waals surface area contributed by atoms with E-state index in [2.05, 4.69) is 66.8 Å². The molecule has 13 heteroatoms. The number of fused-ring (bicyclic) bond motifs is 4. The number of piperazine rings is 2. The Morgan fingerprint density at radius 3 is 1.56 bits per heavy atom. The zero-order valence-electron chi connectivity index (χ0n) is 32.9. The fourth-order valence-corrected chi connectivity index (χ4v) is 10.0. The highest BCUT2D eigenvalue weighted by molar-refractivity contribution is 8.00. The third-order valence-electron chi connectivity index (χ3n) is 11.2. The van der Waals surface area contributed by atoms with E-state index in [0.717, 1.165) is 118 Å². The number of Topliss-reactive ketones (excluding diaryl/α,β-unsaturated/α-hetero) is 1. The molecule has 304 valence electrons. The summed E-state index contributed by atoms with van der Waals surface area (Å²) in [6, 6.07) is 26.7. The number of β-amino-alcohol motifs (C(OH)–C–C–N with tert-alkyl or cyclic N) is 1. The second-order valence-corrected chi connectivity index (χ2v) is 17.3. The Morgan fingerprint density at radius 2 is 1.05 bits per heavy atom. The molecule has 0 bridgehead atoms. The van der Waals surface area contributed by atoms with Gasteiger partial charge in [0.15, 0.2) is 5.78 Å². The quantitative estimate of drug-likeness (QED) is 0.149. The summed E-state index contributed by atoms with van der Waals surface area (Å²) in [5.41, 5.74) is 4.23. The monoisotopic (exact) mass is 818 g/mol. The van der Waals surface area contributed by atoms with Crippen LogP contribution in [0.5, 0.6) is 0 Å². The molecule has 4 aromatic rings. The summed E-state index contributed by atoms with van der Waals surface area (Å²) >= 11 is 3.33. The Hall–Kier alpha value is -3.56. The van der Waals surface area contributed by atoms with Crippen molar-refractivity contribution in [2.24, 2.45) is 0 Å². The zero-order valence-corrected chi connectivity index (χ0v) is 34.5. The molecule has 1 N–H and O–H groups in total. The first-order valence-electron chi connectivity index (χ1n) is 20.0. The van der Waals surface area contributed by atoms with Crippen molar-refractivity contribution in [3.63, 3.8) is 0 Å². The number of aliphatic hydroxyl groups excluding tert-OH is 1. The lowest BCUT2D eigenvalue weighted by Gasteiger charge is -2.36. The van der Waals surface area contributed by atoms with E-state index in [-0.39, 0.29) is 12.4 Å². The van der Waals surface area contributed by atoms with E-state index >= 15 is 0 Å². The fourth-order valence-electron chi connectivity index (χ4n) is 7.89. The van der Waals surface area contributed by atoms with Crippen LogP contribution in [-0.4, -0.2) is 129 Å². The Kier molecular flexibility index (Phi) is 13.9. The normalized spacial score (nSPS) is 17.6. The van der Waals surface area contributed by atoms with Crippen molar-refractivity contribution in [3.05, 3.63) is 96.1 Å². The summed E-state index contributed by atoms with van der Waals surface area (Å²) in [6.07, 6.45) is -2.34. The number of likely N-dealkylation sites (N-methyl/N-ethyl adjacent to an activating group) is 1. The number of aliphatic hydroxyl groups is 1. The van der Waals surface area contributed by atoms with Gasteiger partial charge in [-0.1, -0.05) is 53.9 Å². The summed E-state index contributed by atoms with van der Waals surface area (Å²) in [7, 11) is 2.13. The predicted molar refractivity (Wildman–Crippen MR) is 226 cm³/mol. The lowest BCUT2D eigenvalue weighted by Crippen LogP contribution is -2.47. The van der Waals surface area contributed by atoms with E-state index in [9.17, 15) is 18.0 Å². The predicted octanol–water partition coefficient (Wildman–Crippen LogP) is 8.44. The van der Waals surface area contributed by atoms with Gasteiger partial charge in [0, 0.05) is 97.1 Å². The van der Waals surface area contributed by atoms with Crippen molar-refractivity contribution in [1.29, 1.82) is 0 Å². The van der Waals surface area contributed by atoms with Crippen LogP contribution in [0.15, 0.2) is 105 Å². The highest BCUT2D eigenvalue weighted by atomic mass is 32.2. The van der Waals surface area contributed by atoms with Crippen LogP contribution in [0.25, 0.3) is 0 Å². The van der Waals surface area contributed by atoms with E-state index in [1.165, 1.54) is 27.6 Å². The van der Waals surface area contributed by atoms with Crippen LogP contribution in [0.2, 0.25) is 0 Å². The molecule has 0 amide bonds. The molecule has 0 saturated carbocycles. The van der Waals surface area contributed by atoms with Crippen LogP contribution in [0, 0.1) is 0 Å². The largest absolute Gasteiger partial charge is 0.416 e. The molecule has 2 saturated heterocycles. The maximum absolute atomic E-state index is 13.3. The SMILES string of the molecule is CC(=O)c1ccc2c(c1)N(CCCN1CCN(CCO)CC1)c1ccccc1S2.CN1CCN(CCCN2c3ccccc3Sc3ccc(C(F)(F)F)cc32)CC1. The second kappa shape index (κ2) is 19.0. The average Bonchev–Trinajstić information content (AvgIpc) is 3.21. The highest BCUT2D eigenvalue weighted by Gasteiger charge is 2.33. The van der Waals surface area contributed by atoms with E-state index < -0.39 is 11.7 Å². The van der Waals surface area contributed by atoms with E-state index in [1.807, 2.05) is 36.4 Å². The second-order valence-electron chi connectivity index (χ2n) is 15.1. The lowest BCUT2D eigenvalue weighted by molar-refractivity contribution is -0.137. The van der Waals surface area contributed by atoms with Crippen LogP contribution in [-0.2, 0) is 6.18 Å². The van der Waals surface area contributed by atoms with Crippen LogP contribution < -0.4 is 9.80 Å². The third kappa shape index (κ3) is 10.4. The molecule has 2 fully saturated rings. The van der Waals surface area contributed by atoms with Crippen LogP contribution >= 0.6 is 23.5 Å². The molecular formula is C44H53F3N6O2S2. The number of alkyl halides is 3. The van der Waals surface area contributed by atoms with E-state index in [4.69, 9.17) is 5.11 Å². The van der Waals surface area contributed by atoms with Crippen LogP contribution in [0.4, 0.5) is 35.9 Å². The number of nitrogens with zero attached hydrogens (tertiary/aromatic N) is 6. The molecular weight excluding hydrogens is 766 g/mol. The molecule has 0 aliphatic carbocycles. The zero-order chi connectivity index (χ0) is 39.9. The topological polar surface area (TPSA) is 56.7 Å². The number of carbonyl (C=O) groups excluding carboxylic acids is 1. The summed E-state index contributed by atoms with van der Waals surface area (Å²) in [4.78, 5) is 30.4. The Balaban J connectivity index is 0.000000174. The summed E-state index contributed by atoms with van der Waals surface area (Å²) in [5.74, 6) is 0.109. The standard InChI is InChI=1S/C23H29N3O2S.C21H24F3N3S/c1-18(28)19-7-8-23-21(17-19)26(20-5-2-3-6-22(20)29-23)10-4-9-24-11-13-25(14-12-24)15-16-27;1-25-11-13-26(14-12-25)9-4-10-27-17-5-2-3-6-19(17)28-20-8-7-16(15-18(20)27)21(22,23)24/h2-3,5-8,17,27H,4,9-16H2,1H3;2-3,5-8,15H,4,9-14H2,1H3. The number of anilines is 4. The number of ketones is 1. The van der Waals surface area contributed by atoms with Crippen molar-refractivity contribution in [2.45, 2.75) is 45.5 Å². The Labute approximate surface area is 343 Å². The molecule has 4 aliphatic heterocycles. The number of carbonyl (C=O) groups is 1. The first-order valence-corrected chi connectivity index (χ1v) is 21.6. The fraction of sp³-hybridized carbons (Fsp3) is 0.432. The van der Waals surface area contributed by atoms with Gasteiger partial charge in [0.2, 0.25) is 0 Å². The number of para-hydroxylation sites is 2. The average molecular weight is 819 g/mol. The van der Waals surface area contributed by atoms with Gasteiger partial charge in [-0.3, -0.25) is 9.69 Å². The van der Waals surface area contributed by atoms with Gasteiger partial charge in [-0.05, 0) is 94.5 Å². The maximum Gasteiger partial charge on any atom is 0.416 e. The van der Waals surface area contributed by atoms with E-state index in [1.54, 1.807) is 36.5 Å². The van der Waals surface area contributed by atoms with Gasteiger partial charge < -0.3 is 29.6 Å². The highest BCUT2D eigenvalue weighted by Crippen LogP contribution is 2.50. The number of hydrogen-bond donors (Lipinski definition) is 1. The van der Waals surface area contributed by atoms with Gasteiger partial charge in [-0.15, -0.1) is 0 Å². The Bertz CT molecular complexity index is 1980. The van der Waals surface area contributed by atoms with Crippen molar-refractivity contribution in [3.8, 4) is 0 Å². The molecule has 4 aliphatic rings. The van der Waals surface area contributed by atoms with Crippen molar-refractivity contribution in [2.75, 3.05) is 109 Å².